The number of hydrogen-bond acceptors (Lipinski definition) is 2. The third-order valence-corrected chi connectivity index (χ3v) is 4.33. The predicted octanol–water partition coefficient (Wildman–Crippen LogP) is 2.42. The van der Waals surface area contributed by atoms with E-state index in [0.29, 0.717) is 17.9 Å². The van der Waals surface area contributed by atoms with E-state index in [1.54, 1.807) is 6.08 Å². The van der Waals surface area contributed by atoms with Gasteiger partial charge in [0.05, 0.1) is 0 Å². The molecule has 3 heteroatoms. The van der Waals surface area contributed by atoms with Crippen LogP contribution in [0.1, 0.15) is 10.4 Å². The molecule has 2 rings (SSSR count). The first-order valence-electron chi connectivity index (χ1n) is 5.91. The van der Waals surface area contributed by atoms with Gasteiger partial charge >= 0.3 is 119 Å². The van der Waals surface area contributed by atoms with Crippen molar-refractivity contribution in [2.45, 2.75) is 0 Å². The molecule has 0 aliphatic heterocycles. The normalized spacial score (nSPS) is 9.89. The molecule has 0 aliphatic carbocycles. The molecule has 0 aliphatic rings. The predicted molar refractivity (Wildman–Crippen MR) is 78.3 cm³/mol. The summed E-state index contributed by atoms with van der Waals surface area (Å²) < 4.78 is 6.71. The molecule has 0 heterocycles. The van der Waals surface area contributed by atoms with Crippen LogP contribution in [0.3, 0.4) is 0 Å². The van der Waals surface area contributed by atoms with E-state index in [1.165, 1.54) is 0 Å². The number of ether oxygens (including phenoxy) is 1. The Morgan fingerprint density at radius 1 is 1.11 bits per heavy atom. The molecule has 2 nitrogen and oxygen atoms in total. The number of rotatable bonds is 6. The Kier molecular flexibility index (Phi) is 4.96. The van der Waals surface area contributed by atoms with Crippen LogP contribution >= 0.6 is 0 Å². The quantitative estimate of drug-likeness (QED) is 0.604. The zero-order valence-electron chi connectivity index (χ0n) is 10.4. The summed E-state index contributed by atoms with van der Waals surface area (Å²) in [6.07, 6.45) is 1.67. The minimum absolute atomic E-state index is 0.123. The van der Waals surface area contributed by atoms with Crippen molar-refractivity contribution in [3.63, 3.8) is 0 Å². The van der Waals surface area contributed by atoms with Gasteiger partial charge in [-0.1, -0.05) is 0 Å². The van der Waals surface area contributed by atoms with Crippen molar-refractivity contribution < 1.29 is 9.53 Å². The molecule has 19 heavy (non-hydrogen) atoms. The average Bonchev–Trinajstić information content (AvgIpc) is 2.46. The molecule has 0 saturated heterocycles. The maximum atomic E-state index is 12.3. The topological polar surface area (TPSA) is 26.3 Å². The molecule has 0 bridgehead atoms. The van der Waals surface area contributed by atoms with Gasteiger partial charge in [0.1, 0.15) is 0 Å². The Hall–Kier alpha value is -1.83. The number of para-hydroxylation sites is 1. The molecule has 0 saturated carbocycles. The molecule has 0 amide bonds. The van der Waals surface area contributed by atoms with Gasteiger partial charge in [0.2, 0.25) is 0 Å². The van der Waals surface area contributed by atoms with Crippen molar-refractivity contribution in [1.29, 1.82) is 0 Å². The van der Waals surface area contributed by atoms with E-state index < -0.39 is 0 Å². The van der Waals surface area contributed by atoms with Gasteiger partial charge < -0.3 is 0 Å². The van der Waals surface area contributed by atoms with Crippen LogP contribution in [-0.4, -0.2) is 26.2 Å². The van der Waals surface area contributed by atoms with Gasteiger partial charge in [-0.05, 0) is 0 Å². The van der Waals surface area contributed by atoms with Crippen molar-refractivity contribution in [1.82, 2.24) is 0 Å². The van der Waals surface area contributed by atoms with E-state index in [4.69, 9.17) is 4.74 Å². The second-order valence-corrected chi connectivity index (χ2v) is 5.99. The van der Waals surface area contributed by atoms with Crippen LogP contribution in [0.15, 0.2) is 67.3 Å². The SMILES string of the molecule is C=CCOc1ccccc1C(=O)[Se]c1ccccc1. The van der Waals surface area contributed by atoms with Crippen molar-refractivity contribution >= 4 is 24.1 Å². The minimum atomic E-state index is -0.227. The van der Waals surface area contributed by atoms with Crippen LogP contribution in [0.5, 0.6) is 5.75 Å². The third kappa shape index (κ3) is 3.82. The number of carbonyl (C=O) groups excluding carboxylic acids is 1. The van der Waals surface area contributed by atoms with Gasteiger partial charge in [0.15, 0.2) is 0 Å². The summed E-state index contributed by atoms with van der Waals surface area (Å²) in [6.45, 7) is 4.02. The Balaban J connectivity index is 2.16. The first-order valence-corrected chi connectivity index (χ1v) is 7.62. The second kappa shape index (κ2) is 6.93. The average molecular weight is 317 g/mol. The molecule has 96 valence electrons. The van der Waals surface area contributed by atoms with Crippen LogP contribution in [0, 0.1) is 0 Å². The van der Waals surface area contributed by atoms with Gasteiger partial charge in [0, 0.05) is 0 Å². The molecule has 0 atom stereocenters. The summed E-state index contributed by atoms with van der Waals surface area (Å²) in [6, 6.07) is 17.2. The van der Waals surface area contributed by atoms with Crippen molar-refractivity contribution in [2.24, 2.45) is 0 Å². The standard InChI is InChI=1S/C16H14O2Se/c1-2-12-18-15-11-7-6-10-14(15)16(17)19-13-8-4-3-5-9-13/h2-11H,1,12H2. The second-order valence-electron chi connectivity index (χ2n) is 3.80. The Labute approximate surface area is 119 Å². The fraction of sp³-hybridized carbons (Fsp3) is 0.0625. The maximum absolute atomic E-state index is 12.3. The van der Waals surface area contributed by atoms with Crippen LogP contribution in [0.2, 0.25) is 0 Å². The van der Waals surface area contributed by atoms with E-state index in [1.807, 2.05) is 54.6 Å². The van der Waals surface area contributed by atoms with Gasteiger partial charge in [-0.15, -0.1) is 0 Å². The summed E-state index contributed by atoms with van der Waals surface area (Å²) in [5, 5.41) is 0. The van der Waals surface area contributed by atoms with Crippen LogP contribution in [0.4, 0.5) is 0 Å². The summed E-state index contributed by atoms with van der Waals surface area (Å²) in [7, 11) is 0. The first kappa shape index (κ1) is 13.6. The number of hydrogen-bond donors (Lipinski definition) is 0. The monoisotopic (exact) mass is 318 g/mol. The van der Waals surface area contributed by atoms with Crippen molar-refractivity contribution in [3.05, 3.63) is 72.8 Å². The molecule has 0 N–H and O–H groups in total. The number of benzene rings is 2. The van der Waals surface area contributed by atoms with Crippen molar-refractivity contribution in [2.75, 3.05) is 6.61 Å². The van der Waals surface area contributed by atoms with E-state index in [0.717, 1.165) is 4.46 Å². The Morgan fingerprint density at radius 2 is 1.79 bits per heavy atom. The third-order valence-electron chi connectivity index (χ3n) is 2.42. The van der Waals surface area contributed by atoms with Gasteiger partial charge in [-0.2, -0.15) is 0 Å². The summed E-state index contributed by atoms with van der Waals surface area (Å²) in [4.78, 5) is 12.3. The molecule has 2 aromatic rings. The van der Waals surface area contributed by atoms with E-state index in [-0.39, 0.29) is 19.6 Å². The molecule has 0 unspecified atom stereocenters. The fourth-order valence-corrected chi connectivity index (χ4v) is 3.21. The molecule has 0 aromatic heterocycles. The zero-order chi connectivity index (χ0) is 13.5. The van der Waals surface area contributed by atoms with Gasteiger partial charge in [0.25, 0.3) is 0 Å². The van der Waals surface area contributed by atoms with Gasteiger partial charge in [-0.25, -0.2) is 0 Å². The van der Waals surface area contributed by atoms with Gasteiger partial charge in [-0.3, -0.25) is 0 Å². The van der Waals surface area contributed by atoms with E-state index in [9.17, 15) is 4.79 Å². The molecular weight excluding hydrogens is 303 g/mol. The zero-order valence-corrected chi connectivity index (χ0v) is 12.1. The molecule has 0 spiro atoms. The Morgan fingerprint density at radius 3 is 2.53 bits per heavy atom. The summed E-state index contributed by atoms with van der Waals surface area (Å²) >= 11 is -0.227. The van der Waals surface area contributed by atoms with E-state index in [2.05, 4.69) is 6.58 Å². The van der Waals surface area contributed by atoms with Crippen LogP contribution in [-0.2, 0) is 0 Å². The van der Waals surface area contributed by atoms with Crippen LogP contribution < -0.4 is 9.20 Å². The fourth-order valence-electron chi connectivity index (χ4n) is 1.56. The summed E-state index contributed by atoms with van der Waals surface area (Å²) in [5.74, 6) is 0.630. The van der Waals surface area contributed by atoms with Crippen molar-refractivity contribution in [3.8, 4) is 5.75 Å². The molecule has 0 fully saturated rings. The van der Waals surface area contributed by atoms with E-state index >= 15 is 0 Å². The number of carbonyl (C=O) groups is 1. The molecular formula is C16H14O2Se. The summed E-state index contributed by atoms with van der Waals surface area (Å²) in [5.41, 5.74) is 0.646. The van der Waals surface area contributed by atoms with Crippen LogP contribution in [0.25, 0.3) is 0 Å². The Bertz CT molecular complexity index is 564. The molecule has 0 radical (unpaired) electrons. The first-order chi connectivity index (χ1) is 9.31. The molecule has 2 aromatic carbocycles.